The van der Waals surface area contributed by atoms with Gasteiger partial charge in [-0.3, -0.25) is 5.43 Å². The molecule has 1 aromatic heterocycles. The Hall–Kier alpha value is -1.99. The maximum absolute atomic E-state index is 12.7. The Morgan fingerprint density at radius 3 is 1.78 bits per heavy atom. The highest BCUT2D eigenvalue weighted by atomic mass is 32.2. The van der Waals surface area contributed by atoms with E-state index in [2.05, 4.69) is 20.2 Å². The summed E-state index contributed by atoms with van der Waals surface area (Å²) in [5.74, 6) is 0.228. The number of aryl methyl sites for hydroxylation is 4. The van der Waals surface area contributed by atoms with Crippen LogP contribution in [-0.4, -0.2) is 18.4 Å². The maximum Gasteiger partial charge on any atom is 0.257 e. The Labute approximate surface area is 137 Å². The van der Waals surface area contributed by atoms with Gasteiger partial charge in [0.15, 0.2) is 0 Å². The third-order valence-corrected chi connectivity index (χ3v) is 5.37. The van der Waals surface area contributed by atoms with Crippen LogP contribution in [0.3, 0.4) is 0 Å². The number of sulfonamides is 1. The van der Waals surface area contributed by atoms with Gasteiger partial charge in [-0.25, -0.2) is 18.4 Å². The molecule has 2 N–H and O–H groups in total. The minimum Gasteiger partial charge on any atom is -0.276 e. The molecule has 0 spiro atoms. The summed E-state index contributed by atoms with van der Waals surface area (Å²) in [5.41, 5.74) is 7.48. The summed E-state index contributed by atoms with van der Waals surface area (Å²) in [6, 6.07) is 3.81. The average molecular weight is 334 g/mol. The summed E-state index contributed by atoms with van der Waals surface area (Å²) in [5, 5.41) is 0. The van der Waals surface area contributed by atoms with Gasteiger partial charge < -0.3 is 0 Å². The molecule has 7 heteroatoms. The zero-order valence-corrected chi connectivity index (χ0v) is 15.1. The Morgan fingerprint density at radius 2 is 1.30 bits per heavy atom. The third kappa shape index (κ3) is 3.68. The molecule has 124 valence electrons. The number of nitrogens with one attached hydrogen (secondary N) is 2. The van der Waals surface area contributed by atoms with Crippen molar-refractivity contribution in [2.24, 2.45) is 0 Å². The Balaban J connectivity index is 2.37. The van der Waals surface area contributed by atoms with Crippen molar-refractivity contribution < 1.29 is 8.42 Å². The number of hydrazine groups is 1. The van der Waals surface area contributed by atoms with Crippen LogP contribution in [0.25, 0.3) is 0 Å². The fourth-order valence-corrected chi connectivity index (χ4v) is 3.99. The molecule has 0 saturated heterocycles. The first kappa shape index (κ1) is 17.4. The van der Waals surface area contributed by atoms with Gasteiger partial charge in [0.05, 0.1) is 4.90 Å². The third-order valence-electron chi connectivity index (χ3n) is 3.85. The van der Waals surface area contributed by atoms with Gasteiger partial charge >= 0.3 is 0 Å². The quantitative estimate of drug-likeness (QED) is 0.840. The highest BCUT2D eigenvalue weighted by molar-refractivity contribution is 7.89. The summed E-state index contributed by atoms with van der Waals surface area (Å²) >= 11 is 0. The van der Waals surface area contributed by atoms with E-state index in [1.165, 1.54) is 0 Å². The Kier molecular flexibility index (Phi) is 4.72. The van der Waals surface area contributed by atoms with Crippen LogP contribution in [0.15, 0.2) is 17.0 Å². The molecule has 0 bridgehead atoms. The second-order valence-corrected chi connectivity index (χ2v) is 7.41. The number of rotatable bonds is 4. The lowest BCUT2D eigenvalue weighted by molar-refractivity contribution is 0.585. The highest BCUT2D eigenvalue weighted by Gasteiger charge is 2.22. The maximum atomic E-state index is 12.7. The van der Waals surface area contributed by atoms with Gasteiger partial charge in [-0.05, 0) is 69.9 Å². The minimum atomic E-state index is -3.73. The molecule has 0 fully saturated rings. The summed E-state index contributed by atoms with van der Waals surface area (Å²) in [7, 11) is -3.73. The fraction of sp³-hybridized carbons (Fsp3) is 0.375. The lowest BCUT2D eigenvalue weighted by Crippen LogP contribution is -2.32. The summed E-state index contributed by atoms with van der Waals surface area (Å²) in [4.78, 5) is 11.0. The van der Waals surface area contributed by atoms with Crippen LogP contribution in [0.5, 0.6) is 0 Å². The van der Waals surface area contributed by atoms with E-state index in [0.717, 1.165) is 33.6 Å². The van der Waals surface area contributed by atoms with Gasteiger partial charge in [0.25, 0.3) is 10.0 Å². The second-order valence-electron chi connectivity index (χ2n) is 5.79. The van der Waals surface area contributed by atoms with Crippen LogP contribution in [0.2, 0.25) is 0 Å². The van der Waals surface area contributed by atoms with Crippen molar-refractivity contribution in [2.75, 3.05) is 5.43 Å². The molecule has 0 aliphatic rings. The topological polar surface area (TPSA) is 84.0 Å². The monoisotopic (exact) mass is 334 g/mol. The summed E-state index contributed by atoms with van der Waals surface area (Å²) in [6.45, 7) is 11.1. The van der Waals surface area contributed by atoms with E-state index in [1.54, 1.807) is 0 Å². The number of hydrogen-bond donors (Lipinski definition) is 2. The van der Waals surface area contributed by atoms with Crippen molar-refractivity contribution in [1.82, 2.24) is 14.8 Å². The first-order valence-electron chi connectivity index (χ1n) is 7.29. The van der Waals surface area contributed by atoms with Gasteiger partial charge in [-0.1, -0.05) is 6.07 Å². The zero-order valence-electron chi connectivity index (χ0n) is 14.3. The summed E-state index contributed by atoms with van der Waals surface area (Å²) < 4.78 is 25.4. The lowest BCUT2D eigenvalue weighted by atomic mass is 10.0. The molecule has 2 rings (SSSR count). The largest absolute Gasteiger partial charge is 0.276 e. The number of benzene rings is 1. The van der Waals surface area contributed by atoms with Crippen molar-refractivity contribution in [1.29, 1.82) is 0 Å². The summed E-state index contributed by atoms with van der Waals surface area (Å²) in [6.07, 6.45) is 0. The zero-order chi connectivity index (χ0) is 17.4. The van der Waals surface area contributed by atoms with Gasteiger partial charge in [0.2, 0.25) is 5.95 Å². The van der Waals surface area contributed by atoms with Crippen molar-refractivity contribution in [2.45, 2.75) is 46.4 Å². The molecular weight excluding hydrogens is 312 g/mol. The van der Waals surface area contributed by atoms with E-state index in [1.807, 2.05) is 53.7 Å². The standard InChI is InChI=1S/C16H22N4O2S/c1-9-7-10(2)14(6)15(13(9)5)23(21,22)20-19-16-17-11(3)8-12(4)18-16/h7-8,20H,1-6H3,(H,17,18,19). The molecule has 2 aromatic rings. The van der Waals surface area contributed by atoms with Crippen LogP contribution >= 0.6 is 0 Å². The smallest absolute Gasteiger partial charge is 0.257 e. The van der Waals surface area contributed by atoms with Crippen LogP contribution < -0.4 is 10.3 Å². The Morgan fingerprint density at radius 1 is 0.826 bits per heavy atom. The average Bonchev–Trinajstić information content (AvgIpc) is 2.42. The predicted molar refractivity (Wildman–Crippen MR) is 90.8 cm³/mol. The molecule has 1 aromatic carbocycles. The van der Waals surface area contributed by atoms with Crippen LogP contribution in [0.1, 0.15) is 33.6 Å². The van der Waals surface area contributed by atoms with E-state index < -0.39 is 10.0 Å². The minimum absolute atomic E-state index is 0.228. The van der Waals surface area contributed by atoms with Crippen molar-refractivity contribution >= 4 is 16.0 Å². The van der Waals surface area contributed by atoms with Crippen molar-refractivity contribution in [3.05, 3.63) is 45.8 Å². The predicted octanol–water partition coefficient (Wildman–Crippen LogP) is 2.63. The molecule has 6 nitrogen and oxygen atoms in total. The number of anilines is 1. The molecule has 0 unspecified atom stereocenters. The molecule has 0 aliphatic carbocycles. The molecule has 0 radical (unpaired) electrons. The molecule has 0 atom stereocenters. The SMILES string of the molecule is Cc1cc(C)nc(NNS(=O)(=O)c2c(C)c(C)cc(C)c2C)n1. The Bertz CT molecular complexity index is 814. The van der Waals surface area contributed by atoms with E-state index in [0.29, 0.717) is 4.90 Å². The van der Waals surface area contributed by atoms with Gasteiger partial charge in [-0.2, -0.15) is 0 Å². The molecule has 1 heterocycles. The number of aromatic nitrogens is 2. The number of hydrogen-bond acceptors (Lipinski definition) is 5. The molecular formula is C16H22N4O2S. The van der Waals surface area contributed by atoms with Crippen molar-refractivity contribution in [3.63, 3.8) is 0 Å². The highest BCUT2D eigenvalue weighted by Crippen LogP contribution is 2.25. The molecule has 0 amide bonds. The van der Waals surface area contributed by atoms with E-state index >= 15 is 0 Å². The molecule has 0 aliphatic heterocycles. The van der Waals surface area contributed by atoms with Gasteiger partial charge in [0.1, 0.15) is 0 Å². The van der Waals surface area contributed by atoms with Gasteiger partial charge in [-0.15, -0.1) is 4.83 Å². The van der Waals surface area contributed by atoms with Crippen molar-refractivity contribution in [3.8, 4) is 0 Å². The van der Waals surface area contributed by atoms with E-state index in [4.69, 9.17) is 0 Å². The number of nitrogens with zero attached hydrogens (tertiary/aromatic N) is 2. The molecule has 0 saturated carbocycles. The van der Waals surface area contributed by atoms with Crippen LogP contribution in [-0.2, 0) is 10.0 Å². The normalized spacial score (nSPS) is 11.6. The second kappa shape index (κ2) is 6.25. The van der Waals surface area contributed by atoms with E-state index in [9.17, 15) is 8.42 Å². The van der Waals surface area contributed by atoms with Gasteiger partial charge in [0, 0.05) is 11.4 Å². The fourth-order valence-electron chi connectivity index (χ4n) is 2.53. The lowest BCUT2D eigenvalue weighted by Gasteiger charge is -2.16. The first-order chi connectivity index (χ1) is 10.6. The van der Waals surface area contributed by atoms with Crippen LogP contribution in [0.4, 0.5) is 5.95 Å². The molecule has 23 heavy (non-hydrogen) atoms. The van der Waals surface area contributed by atoms with E-state index in [-0.39, 0.29) is 5.95 Å². The first-order valence-corrected chi connectivity index (χ1v) is 8.77. The van der Waals surface area contributed by atoms with Crippen LogP contribution in [0, 0.1) is 41.5 Å².